The topological polar surface area (TPSA) is 17.4 Å². The van der Waals surface area contributed by atoms with Crippen LogP contribution in [0.2, 0.25) is 0 Å². The van der Waals surface area contributed by atoms with Gasteiger partial charge in [-0.05, 0) is 49.4 Å². The molecule has 1 saturated heterocycles. The van der Waals surface area contributed by atoms with Crippen molar-refractivity contribution >= 4 is 0 Å². The molecule has 0 atom stereocenters. The molecule has 25 heavy (non-hydrogen) atoms. The third kappa shape index (κ3) is 3.99. The Labute approximate surface area is 152 Å². The van der Waals surface area contributed by atoms with Crippen molar-refractivity contribution in [1.82, 2.24) is 9.47 Å². The molecule has 0 unspecified atom stereocenters. The summed E-state index contributed by atoms with van der Waals surface area (Å²) in [5.74, 6) is 0.574. The van der Waals surface area contributed by atoms with E-state index >= 15 is 0 Å². The van der Waals surface area contributed by atoms with Crippen LogP contribution in [0.25, 0.3) is 11.3 Å². The molecule has 136 valence electrons. The SMILES string of the molecule is Cc1c(CN2CCOCC2)cc(-c2ccc(C(C)C)cc2)n1C(C)C. The Bertz CT molecular complexity index is 692. The van der Waals surface area contributed by atoms with Crippen LogP contribution in [-0.4, -0.2) is 35.8 Å². The van der Waals surface area contributed by atoms with Crippen molar-refractivity contribution in [3.8, 4) is 11.3 Å². The van der Waals surface area contributed by atoms with Gasteiger partial charge in [0.05, 0.1) is 13.2 Å². The zero-order valence-electron chi connectivity index (χ0n) is 16.4. The van der Waals surface area contributed by atoms with Gasteiger partial charge < -0.3 is 9.30 Å². The van der Waals surface area contributed by atoms with Crippen LogP contribution in [0.3, 0.4) is 0 Å². The maximum absolute atomic E-state index is 5.49. The van der Waals surface area contributed by atoms with Crippen molar-refractivity contribution < 1.29 is 4.74 Å². The summed E-state index contributed by atoms with van der Waals surface area (Å²) in [5.41, 5.74) is 6.89. The number of aromatic nitrogens is 1. The van der Waals surface area contributed by atoms with Crippen LogP contribution < -0.4 is 0 Å². The van der Waals surface area contributed by atoms with Crippen molar-refractivity contribution in [2.75, 3.05) is 26.3 Å². The number of rotatable bonds is 5. The molecule has 0 spiro atoms. The van der Waals surface area contributed by atoms with Gasteiger partial charge in [0.15, 0.2) is 0 Å². The molecule has 0 saturated carbocycles. The molecule has 3 heteroatoms. The lowest BCUT2D eigenvalue weighted by molar-refractivity contribution is 0.0341. The fourth-order valence-corrected chi connectivity index (χ4v) is 3.76. The number of ether oxygens (including phenoxy) is 1. The second kappa shape index (κ2) is 7.76. The van der Waals surface area contributed by atoms with Crippen molar-refractivity contribution in [3.05, 3.63) is 47.2 Å². The number of nitrogens with zero attached hydrogens (tertiary/aromatic N) is 2. The molecule has 3 rings (SSSR count). The first-order chi connectivity index (χ1) is 12.0. The lowest BCUT2D eigenvalue weighted by Gasteiger charge is -2.26. The van der Waals surface area contributed by atoms with Crippen LogP contribution in [0.5, 0.6) is 0 Å². The third-order valence-corrected chi connectivity index (χ3v) is 5.28. The molecular formula is C22H32N2O. The molecule has 0 aliphatic carbocycles. The van der Waals surface area contributed by atoms with Crippen molar-refractivity contribution in [2.24, 2.45) is 0 Å². The molecule has 1 aliphatic heterocycles. The molecule has 1 aromatic carbocycles. The largest absolute Gasteiger partial charge is 0.379 e. The van der Waals surface area contributed by atoms with E-state index in [1.807, 2.05) is 0 Å². The van der Waals surface area contributed by atoms with Gasteiger partial charge in [-0.25, -0.2) is 0 Å². The maximum atomic E-state index is 5.49. The molecule has 0 radical (unpaired) electrons. The van der Waals surface area contributed by atoms with Crippen LogP contribution in [-0.2, 0) is 11.3 Å². The van der Waals surface area contributed by atoms with Gasteiger partial charge in [-0.2, -0.15) is 0 Å². The van der Waals surface area contributed by atoms with Gasteiger partial charge in [-0.15, -0.1) is 0 Å². The smallest absolute Gasteiger partial charge is 0.0594 e. The van der Waals surface area contributed by atoms with Gasteiger partial charge in [0.1, 0.15) is 0 Å². The molecular weight excluding hydrogens is 308 g/mol. The summed E-state index contributed by atoms with van der Waals surface area (Å²) in [4.78, 5) is 2.50. The maximum Gasteiger partial charge on any atom is 0.0594 e. The van der Waals surface area contributed by atoms with Crippen LogP contribution in [0, 0.1) is 6.92 Å². The van der Waals surface area contributed by atoms with Gasteiger partial charge in [0.2, 0.25) is 0 Å². The molecule has 1 aliphatic rings. The zero-order chi connectivity index (χ0) is 18.0. The van der Waals surface area contributed by atoms with Gasteiger partial charge in [-0.3, -0.25) is 4.90 Å². The first-order valence-electron chi connectivity index (χ1n) is 9.58. The Morgan fingerprint density at radius 3 is 2.20 bits per heavy atom. The Kier molecular flexibility index (Phi) is 5.65. The molecule has 0 bridgehead atoms. The van der Waals surface area contributed by atoms with E-state index in [-0.39, 0.29) is 0 Å². The Balaban J connectivity index is 1.93. The van der Waals surface area contributed by atoms with E-state index in [2.05, 4.69) is 74.4 Å². The normalized spacial score (nSPS) is 16.1. The molecule has 0 amide bonds. The van der Waals surface area contributed by atoms with Crippen LogP contribution in [0.4, 0.5) is 0 Å². The van der Waals surface area contributed by atoms with Crippen molar-refractivity contribution in [1.29, 1.82) is 0 Å². The summed E-state index contributed by atoms with van der Waals surface area (Å²) >= 11 is 0. The highest BCUT2D eigenvalue weighted by molar-refractivity contribution is 5.63. The fourth-order valence-electron chi connectivity index (χ4n) is 3.76. The van der Waals surface area contributed by atoms with E-state index in [9.17, 15) is 0 Å². The minimum atomic E-state index is 0.457. The molecule has 2 heterocycles. The van der Waals surface area contributed by atoms with Crippen LogP contribution in [0.15, 0.2) is 30.3 Å². The Hall–Kier alpha value is -1.58. The standard InChI is InChI=1S/C22H32N2O/c1-16(2)19-6-8-20(9-7-19)22-14-21(18(5)24(22)17(3)4)15-23-10-12-25-13-11-23/h6-9,14,16-17H,10-13,15H2,1-5H3. The third-order valence-electron chi connectivity index (χ3n) is 5.28. The highest BCUT2D eigenvalue weighted by atomic mass is 16.5. The number of benzene rings is 1. The number of hydrogen-bond donors (Lipinski definition) is 0. The average Bonchev–Trinajstić information content (AvgIpc) is 2.92. The summed E-state index contributed by atoms with van der Waals surface area (Å²) in [6, 6.07) is 12.0. The lowest BCUT2D eigenvalue weighted by Crippen LogP contribution is -2.35. The summed E-state index contributed by atoms with van der Waals surface area (Å²) < 4.78 is 7.97. The summed E-state index contributed by atoms with van der Waals surface area (Å²) in [6.45, 7) is 16.1. The lowest BCUT2D eigenvalue weighted by atomic mass is 10.0. The highest BCUT2D eigenvalue weighted by Crippen LogP contribution is 2.31. The predicted octanol–water partition coefficient (Wildman–Crippen LogP) is 5.00. The summed E-state index contributed by atoms with van der Waals surface area (Å²) in [7, 11) is 0. The fraction of sp³-hybridized carbons (Fsp3) is 0.545. The van der Waals surface area contributed by atoms with Gasteiger partial charge in [0.25, 0.3) is 0 Å². The minimum absolute atomic E-state index is 0.457. The summed E-state index contributed by atoms with van der Waals surface area (Å²) in [6.07, 6.45) is 0. The van der Waals surface area contributed by atoms with Crippen molar-refractivity contribution in [3.63, 3.8) is 0 Å². The molecule has 3 nitrogen and oxygen atoms in total. The van der Waals surface area contributed by atoms with Gasteiger partial charge in [-0.1, -0.05) is 38.1 Å². The zero-order valence-corrected chi connectivity index (χ0v) is 16.4. The molecule has 0 N–H and O–H groups in total. The Morgan fingerprint density at radius 2 is 1.64 bits per heavy atom. The van der Waals surface area contributed by atoms with E-state index < -0.39 is 0 Å². The average molecular weight is 341 g/mol. The first kappa shape index (κ1) is 18.2. The van der Waals surface area contributed by atoms with Crippen LogP contribution in [0.1, 0.15) is 56.5 Å². The van der Waals surface area contributed by atoms with E-state index in [1.165, 1.54) is 28.1 Å². The van der Waals surface area contributed by atoms with E-state index in [4.69, 9.17) is 4.74 Å². The molecule has 1 aromatic heterocycles. The van der Waals surface area contributed by atoms with E-state index in [0.717, 1.165) is 32.8 Å². The second-order valence-electron chi connectivity index (χ2n) is 7.77. The second-order valence-corrected chi connectivity index (χ2v) is 7.77. The van der Waals surface area contributed by atoms with Gasteiger partial charge in [0, 0.05) is 37.1 Å². The quantitative estimate of drug-likeness (QED) is 0.762. The van der Waals surface area contributed by atoms with E-state index in [0.29, 0.717) is 12.0 Å². The minimum Gasteiger partial charge on any atom is -0.379 e. The monoisotopic (exact) mass is 340 g/mol. The first-order valence-corrected chi connectivity index (χ1v) is 9.58. The predicted molar refractivity (Wildman–Crippen MR) is 105 cm³/mol. The summed E-state index contributed by atoms with van der Waals surface area (Å²) in [5, 5.41) is 0. The number of morpholine rings is 1. The number of hydrogen-bond acceptors (Lipinski definition) is 2. The highest BCUT2D eigenvalue weighted by Gasteiger charge is 2.18. The van der Waals surface area contributed by atoms with Crippen molar-refractivity contribution in [2.45, 2.75) is 53.1 Å². The Morgan fingerprint density at radius 1 is 1.00 bits per heavy atom. The van der Waals surface area contributed by atoms with Gasteiger partial charge >= 0.3 is 0 Å². The molecule has 2 aromatic rings. The molecule has 1 fully saturated rings. The van der Waals surface area contributed by atoms with E-state index in [1.54, 1.807) is 0 Å². The van der Waals surface area contributed by atoms with Crippen LogP contribution >= 0.6 is 0 Å².